The Hall–Kier alpha value is -1.78. The lowest BCUT2D eigenvalue weighted by molar-refractivity contribution is -0.385. The fourth-order valence-corrected chi connectivity index (χ4v) is 1.46. The molecule has 1 aromatic carbocycles. The number of rotatable bonds is 4. The number of nitrogens with zero attached hydrogens (tertiary/aromatic N) is 3. The maximum Gasteiger partial charge on any atom is 0.272 e. The molecule has 2 rings (SSSR count). The van der Waals surface area contributed by atoms with Crippen molar-refractivity contribution in [2.24, 2.45) is 10.2 Å². The van der Waals surface area contributed by atoms with Crippen LogP contribution in [-0.2, 0) is 6.42 Å². The van der Waals surface area contributed by atoms with Gasteiger partial charge >= 0.3 is 0 Å². The lowest BCUT2D eigenvalue weighted by Gasteiger charge is -2.04. The first-order valence-corrected chi connectivity index (χ1v) is 4.77. The van der Waals surface area contributed by atoms with Gasteiger partial charge in [0.25, 0.3) is 5.69 Å². The summed E-state index contributed by atoms with van der Waals surface area (Å²) in [7, 11) is 0. The summed E-state index contributed by atoms with van der Waals surface area (Å²) in [6.45, 7) is 1.92. The standard InChI is InChI=1S/C10H11N3O2/c1-10(11-12-10)7-6-8-4-2-3-5-9(8)13(14)15/h2-5H,6-7H2,1H3. The third-order valence-corrected chi connectivity index (χ3v) is 2.50. The van der Waals surface area contributed by atoms with Gasteiger partial charge in [-0.1, -0.05) is 18.2 Å². The van der Waals surface area contributed by atoms with E-state index in [1.807, 2.05) is 13.0 Å². The Labute approximate surface area is 87.0 Å². The van der Waals surface area contributed by atoms with Gasteiger partial charge in [-0.05, 0) is 13.3 Å². The van der Waals surface area contributed by atoms with Crippen molar-refractivity contribution < 1.29 is 4.92 Å². The molecule has 1 aromatic rings. The fraction of sp³-hybridized carbons (Fsp3) is 0.400. The molecule has 0 saturated heterocycles. The van der Waals surface area contributed by atoms with Crippen LogP contribution in [-0.4, -0.2) is 10.6 Å². The molecule has 0 spiro atoms. The van der Waals surface area contributed by atoms with E-state index < -0.39 is 0 Å². The van der Waals surface area contributed by atoms with Crippen molar-refractivity contribution in [3.63, 3.8) is 0 Å². The van der Waals surface area contributed by atoms with Crippen molar-refractivity contribution in [3.8, 4) is 0 Å². The van der Waals surface area contributed by atoms with E-state index >= 15 is 0 Å². The van der Waals surface area contributed by atoms with Gasteiger partial charge in [-0.3, -0.25) is 10.1 Å². The van der Waals surface area contributed by atoms with Crippen molar-refractivity contribution in [1.82, 2.24) is 0 Å². The molecule has 0 unspecified atom stereocenters. The van der Waals surface area contributed by atoms with Crippen LogP contribution in [0.5, 0.6) is 0 Å². The monoisotopic (exact) mass is 205 g/mol. The van der Waals surface area contributed by atoms with E-state index in [0.29, 0.717) is 6.42 Å². The number of nitro groups is 1. The first-order chi connectivity index (χ1) is 7.11. The second-order valence-corrected chi connectivity index (χ2v) is 3.80. The summed E-state index contributed by atoms with van der Waals surface area (Å²) in [6.07, 6.45) is 1.37. The molecule has 0 N–H and O–H groups in total. The van der Waals surface area contributed by atoms with E-state index in [9.17, 15) is 10.1 Å². The summed E-state index contributed by atoms with van der Waals surface area (Å²) < 4.78 is 0. The van der Waals surface area contributed by atoms with Crippen LogP contribution in [0, 0.1) is 10.1 Å². The predicted molar refractivity (Wildman–Crippen MR) is 54.7 cm³/mol. The maximum absolute atomic E-state index is 10.7. The zero-order valence-electron chi connectivity index (χ0n) is 8.38. The number of aryl methyl sites for hydroxylation is 1. The van der Waals surface area contributed by atoms with Crippen LogP contribution >= 0.6 is 0 Å². The van der Waals surface area contributed by atoms with Gasteiger partial charge in [0.15, 0.2) is 5.66 Å². The van der Waals surface area contributed by atoms with E-state index in [4.69, 9.17) is 0 Å². The molecule has 0 bridgehead atoms. The molecule has 78 valence electrons. The summed E-state index contributed by atoms with van der Waals surface area (Å²) >= 11 is 0. The van der Waals surface area contributed by atoms with E-state index in [1.54, 1.807) is 12.1 Å². The lowest BCUT2D eigenvalue weighted by atomic mass is 10.0. The molecular formula is C10H11N3O2. The molecular weight excluding hydrogens is 194 g/mol. The van der Waals surface area contributed by atoms with Gasteiger partial charge in [0.05, 0.1) is 4.92 Å². The highest BCUT2D eigenvalue weighted by Gasteiger charge is 2.33. The largest absolute Gasteiger partial charge is 0.272 e. The predicted octanol–water partition coefficient (Wildman–Crippen LogP) is 2.71. The first-order valence-electron chi connectivity index (χ1n) is 4.77. The fourth-order valence-electron chi connectivity index (χ4n) is 1.46. The summed E-state index contributed by atoms with van der Waals surface area (Å²) in [4.78, 5) is 10.4. The molecule has 1 aliphatic rings. The van der Waals surface area contributed by atoms with E-state index in [-0.39, 0.29) is 16.3 Å². The average molecular weight is 205 g/mol. The average Bonchev–Trinajstić information content (AvgIpc) is 2.95. The Morgan fingerprint density at radius 2 is 2.07 bits per heavy atom. The van der Waals surface area contributed by atoms with Crippen molar-refractivity contribution in [1.29, 1.82) is 0 Å². The van der Waals surface area contributed by atoms with Crippen LogP contribution in [0.25, 0.3) is 0 Å². The minimum Gasteiger partial charge on any atom is -0.258 e. The highest BCUT2D eigenvalue weighted by atomic mass is 16.6. The number of hydrogen-bond donors (Lipinski definition) is 0. The van der Waals surface area contributed by atoms with Crippen LogP contribution in [0.1, 0.15) is 18.9 Å². The van der Waals surface area contributed by atoms with Crippen molar-refractivity contribution in [3.05, 3.63) is 39.9 Å². The van der Waals surface area contributed by atoms with Gasteiger partial charge in [-0.15, -0.1) is 0 Å². The zero-order chi connectivity index (χ0) is 10.9. The Morgan fingerprint density at radius 3 is 2.67 bits per heavy atom. The van der Waals surface area contributed by atoms with Crippen LogP contribution < -0.4 is 0 Å². The smallest absolute Gasteiger partial charge is 0.258 e. The summed E-state index contributed by atoms with van der Waals surface area (Å²) in [5.41, 5.74) is 0.645. The quantitative estimate of drug-likeness (QED) is 0.560. The minimum atomic E-state index is -0.348. The highest BCUT2D eigenvalue weighted by molar-refractivity contribution is 5.39. The topological polar surface area (TPSA) is 67.9 Å². The second kappa shape index (κ2) is 3.42. The number of hydrogen-bond acceptors (Lipinski definition) is 4. The minimum absolute atomic E-state index is 0.182. The summed E-state index contributed by atoms with van der Waals surface area (Å²) in [5.74, 6) is 0. The molecule has 5 heteroatoms. The Balaban J connectivity index is 2.09. The molecule has 1 heterocycles. The van der Waals surface area contributed by atoms with Crippen molar-refractivity contribution in [2.45, 2.75) is 25.4 Å². The molecule has 1 aliphatic heterocycles. The molecule has 0 aliphatic carbocycles. The van der Waals surface area contributed by atoms with Crippen LogP contribution in [0.2, 0.25) is 0 Å². The van der Waals surface area contributed by atoms with Gasteiger partial charge in [0, 0.05) is 18.1 Å². The Kier molecular flexibility index (Phi) is 2.22. The molecule has 15 heavy (non-hydrogen) atoms. The normalized spacial score (nSPS) is 16.3. The third-order valence-electron chi connectivity index (χ3n) is 2.50. The molecule has 0 aromatic heterocycles. The molecule has 0 saturated carbocycles. The van der Waals surface area contributed by atoms with E-state index in [2.05, 4.69) is 10.2 Å². The lowest BCUT2D eigenvalue weighted by Crippen LogP contribution is -2.06. The van der Waals surface area contributed by atoms with Gasteiger partial charge in [-0.25, -0.2) is 0 Å². The molecule has 0 fully saturated rings. The molecule has 0 amide bonds. The molecule has 5 nitrogen and oxygen atoms in total. The summed E-state index contributed by atoms with van der Waals surface area (Å²) in [5, 5.41) is 18.5. The molecule has 0 radical (unpaired) electrons. The van der Waals surface area contributed by atoms with Gasteiger partial charge in [0.1, 0.15) is 0 Å². The van der Waals surface area contributed by atoms with E-state index in [0.717, 1.165) is 12.0 Å². The van der Waals surface area contributed by atoms with Crippen LogP contribution in [0.4, 0.5) is 5.69 Å². The van der Waals surface area contributed by atoms with Gasteiger partial charge in [-0.2, -0.15) is 10.2 Å². The number of para-hydroxylation sites is 1. The number of nitro benzene ring substituents is 1. The second-order valence-electron chi connectivity index (χ2n) is 3.80. The van der Waals surface area contributed by atoms with Crippen LogP contribution in [0.15, 0.2) is 34.5 Å². The van der Waals surface area contributed by atoms with E-state index in [1.165, 1.54) is 6.07 Å². The summed E-state index contributed by atoms with van der Waals surface area (Å²) in [6, 6.07) is 6.80. The van der Waals surface area contributed by atoms with Crippen LogP contribution in [0.3, 0.4) is 0 Å². The maximum atomic E-state index is 10.7. The van der Waals surface area contributed by atoms with Gasteiger partial charge < -0.3 is 0 Å². The third kappa shape index (κ3) is 2.18. The SMILES string of the molecule is CC1(CCc2ccccc2[N+](=O)[O-])N=N1. The number of benzene rings is 1. The zero-order valence-corrected chi connectivity index (χ0v) is 8.38. The van der Waals surface area contributed by atoms with Crippen molar-refractivity contribution >= 4 is 5.69 Å². The highest BCUT2D eigenvalue weighted by Crippen LogP contribution is 2.33. The Morgan fingerprint density at radius 1 is 1.40 bits per heavy atom. The Bertz CT molecular complexity index is 422. The molecule has 0 atom stereocenters. The van der Waals surface area contributed by atoms with Gasteiger partial charge in [0.2, 0.25) is 0 Å². The van der Waals surface area contributed by atoms with Crippen molar-refractivity contribution in [2.75, 3.05) is 0 Å². The first kappa shape index (κ1) is 9.76.